The molecule has 0 bridgehead atoms. The Morgan fingerprint density at radius 3 is 2.61 bits per heavy atom. The van der Waals surface area contributed by atoms with Crippen LogP contribution in [0.4, 0.5) is 5.69 Å². The Bertz CT molecular complexity index is 525. The highest BCUT2D eigenvalue weighted by molar-refractivity contribution is 6.39. The quantitative estimate of drug-likeness (QED) is 0.792. The van der Waals surface area contributed by atoms with Gasteiger partial charge in [-0.3, -0.25) is 9.59 Å². The van der Waals surface area contributed by atoms with Crippen molar-refractivity contribution in [1.29, 1.82) is 0 Å². The zero-order chi connectivity index (χ0) is 16.5. The van der Waals surface area contributed by atoms with Gasteiger partial charge in [-0.1, -0.05) is 44.2 Å². The fourth-order valence-electron chi connectivity index (χ4n) is 2.98. The molecule has 1 aliphatic rings. The van der Waals surface area contributed by atoms with Crippen molar-refractivity contribution in [1.82, 2.24) is 5.32 Å². The van der Waals surface area contributed by atoms with Gasteiger partial charge in [-0.25, -0.2) is 0 Å². The summed E-state index contributed by atoms with van der Waals surface area (Å²) in [6.45, 7) is 2.93. The number of hydrogen-bond donors (Lipinski definition) is 2. The Labute approximate surface area is 137 Å². The molecule has 2 N–H and O–H groups in total. The number of anilines is 1. The zero-order valence-corrected chi connectivity index (χ0v) is 13.8. The van der Waals surface area contributed by atoms with Crippen LogP contribution in [0.25, 0.3) is 0 Å². The van der Waals surface area contributed by atoms with Gasteiger partial charge >= 0.3 is 11.8 Å². The molecule has 5 nitrogen and oxygen atoms in total. The summed E-state index contributed by atoms with van der Waals surface area (Å²) in [7, 11) is 0. The number of amides is 2. The minimum absolute atomic E-state index is 0.500. The summed E-state index contributed by atoms with van der Waals surface area (Å²) < 4.78 is 5.43. The number of rotatable bonds is 6. The first-order valence-corrected chi connectivity index (χ1v) is 8.51. The molecular formula is C18H26N2O3. The molecule has 0 heterocycles. The normalized spacial score (nSPS) is 15.0. The molecule has 1 aromatic carbocycles. The highest BCUT2D eigenvalue weighted by Gasteiger charge is 2.17. The van der Waals surface area contributed by atoms with Gasteiger partial charge < -0.3 is 15.4 Å². The SMILES string of the molecule is CCOc1ccccc1NC(=O)C(=O)NCCC1CCCCC1. The smallest absolute Gasteiger partial charge is 0.313 e. The molecule has 0 aliphatic heterocycles. The molecule has 1 aliphatic carbocycles. The Balaban J connectivity index is 1.77. The van der Waals surface area contributed by atoms with Crippen LogP contribution in [0.3, 0.4) is 0 Å². The number of carbonyl (C=O) groups excluding carboxylic acids is 2. The van der Waals surface area contributed by atoms with Crippen molar-refractivity contribution in [2.24, 2.45) is 5.92 Å². The highest BCUT2D eigenvalue weighted by atomic mass is 16.5. The van der Waals surface area contributed by atoms with E-state index in [1.165, 1.54) is 32.1 Å². The predicted molar refractivity (Wildman–Crippen MR) is 90.4 cm³/mol. The maximum Gasteiger partial charge on any atom is 0.313 e. The minimum atomic E-state index is -0.652. The van der Waals surface area contributed by atoms with E-state index in [4.69, 9.17) is 4.74 Å². The lowest BCUT2D eigenvalue weighted by Crippen LogP contribution is -2.36. The van der Waals surface area contributed by atoms with E-state index in [0.29, 0.717) is 30.5 Å². The van der Waals surface area contributed by atoms with Gasteiger partial charge in [0.05, 0.1) is 12.3 Å². The molecule has 1 fully saturated rings. The first-order chi connectivity index (χ1) is 11.2. The summed E-state index contributed by atoms with van der Waals surface area (Å²) in [5, 5.41) is 5.32. The molecule has 1 aromatic rings. The number of carbonyl (C=O) groups is 2. The fraction of sp³-hybridized carbons (Fsp3) is 0.556. The van der Waals surface area contributed by atoms with Crippen molar-refractivity contribution in [3.05, 3.63) is 24.3 Å². The molecule has 0 unspecified atom stereocenters. The van der Waals surface area contributed by atoms with Gasteiger partial charge in [0.15, 0.2) is 0 Å². The van der Waals surface area contributed by atoms with Gasteiger partial charge in [0.1, 0.15) is 5.75 Å². The molecule has 23 heavy (non-hydrogen) atoms. The lowest BCUT2D eigenvalue weighted by molar-refractivity contribution is -0.136. The molecule has 0 saturated heterocycles. The summed E-state index contributed by atoms with van der Waals surface area (Å²) in [5.74, 6) is 0.0112. The number of nitrogens with one attached hydrogen (secondary N) is 2. The molecule has 0 spiro atoms. The average molecular weight is 318 g/mol. The first kappa shape index (κ1) is 17.3. The van der Waals surface area contributed by atoms with E-state index < -0.39 is 11.8 Å². The van der Waals surface area contributed by atoms with Crippen LogP contribution in [-0.2, 0) is 9.59 Å². The summed E-state index contributed by atoms with van der Waals surface area (Å²) in [6, 6.07) is 7.10. The van der Waals surface area contributed by atoms with Gasteiger partial charge in [0.2, 0.25) is 0 Å². The lowest BCUT2D eigenvalue weighted by atomic mass is 9.87. The van der Waals surface area contributed by atoms with Crippen molar-refractivity contribution < 1.29 is 14.3 Å². The topological polar surface area (TPSA) is 67.4 Å². The van der Waals surface area contributed by atoms with Crippen molar-refractivity contribution in [2.75, 3.05) is 18.5 Å². The lowest BCUT2D eigenvalue weighted by Gasteiger charge is -2.21. The predicted octanol–water partition coefficient (Wildman–Crippen LogP) is 3.11. The van der Waals surface area contributed by atoms with Crippen LogP contribution in [0.2, 0.25) is 0 Å². The van der Waals surface area contributed by atoms with Crippen LogP contribution in [0.15, 0.2) is 24.3 Å². The third-order valence-corrected chi connectivity index (χ3v) is 4.20. The second-order valence-electron chi connectivity index (χ2n) is 5.93. The maximum atomic E-state index is 12.0. The van der Waals surface area contributed by atoms with Crippen molar-refractivity contribution in [3.63, 3.8) is 0 Å². The summed E-state index contributed by atoms with van der Waals surface area (Å²) >= 11 is 0. The summed E-state index contributed by atoms with van der Waals surface area (Å²) in [6.07, 6.45) is 7.33. The Hall–Kier alpha value is -2.04. The van der Waals surface area contributed by atoms with Crippen molar-refractivity contribution >= 4 is 17.5 Å². The monoisotopic (exact) mass is 318 g/mol. The van der Waals surface area contributed by atoms with Crippen LogP contribution >= 0.6 is 0 Å². The molecular weight excluding hydrogens is 292 g/mol. The maximum absolute atomic E-state index is 12.0. The highest BCUT2D eigenvalue weighted by Crippen LogP contribution is 2.26. The molecule has 0 atom stereocenters. The second kappa shape index (κ2) is 9.18. The number of ether oxygens (including phenoxy) is 1. The first-order valence-electron chi connectivity index (χ1n) is 8.51. The third kappa shape index (κ3) is 5.58. The fourth-order valence-corrected chi connectivity index (χ4v) is 2.98. The van der Waals surface area contributed by atoms with Gasteiger partial charge in [-0.2, -0.15) is 0 Å². The van der Waals surface area contributed by atoms with E-state index in [9.17, 15) is 9.59 Å². The minimum Gasteiger partial charge on any atom is -0.492 e. The van der Waals surface area contributed by atoms with E-state index in [0.717, 1.165) is 6.42 Å². The standard InChI is InChI=1S/C18H26N2O3/c1-2-23-16-11-7-6-10-15(16)20-18(22)17(21)19-13-12-14-8-4-3-5-9-14/h6-7,10-11,14H,2-5,8-9,12-13H2,1H3,(H,19,21)(H,20,22). The molecule has 2 rings (SSSR count). The molecule has 1 saturated carbocycles. The summed E-state index contributed by atoms with van der Waals surface area (Å²) in [5.41, 5.74) is 0.516. The Morgan fingerprint density at radius 1 is 1.13 bits per heavy atom. The van der Waals surface area contributed by atoms with Gasteiger partial charge in [-0.05, 0) is 31.4 Å². The van der Waals surface area contributed by atoms with E-state index >= 15 is 0 Å². The van der Waals surface area contributed by atoms with Crippen LogP contribution in [0.5, 0.6) is 5.75 Å². The molecule has 2 amide bonds. The van der Waals surface area contributed by atoms with Crippen molar-refractivity contribution in [2.45, 2.75) is 45.4 Å². The molecule has 0 radical (unpaired) electrons. The van der Waals surface area contributed by atoms with Crippen LogP contribution < -0.4 is 15.4 Å². The van der Waals surface area contributed by atoms with Crippen molar-refractivity contribution in [3.8, 4) is 5.75 Å². The van der Waals surface area contributed by atoms with Gasteiger partial charge in [-0.15, -0.1) is 0 Å². The number of hydrogen-bond acceptors (Lipinski definition) is 3. The Kier molecular flexibility index (Phi) is 6.91. The Morgan fingerprint density at radius 2 is 1.87 bits per heavy atom. The largest absolute Gasteiger partial charge is 0.492 e. The number of benzene rings is 1. The van der Waals surface area contributed by atoms with E-state index in [1.807, 2.05) is 13.0 Å². The van der Waals surface area contributed by atoms with E-state index in [1.54, 1.807) is 18.2 Å². The summed E-state index contributed by atoms with van der Waals surface area (Å²) in [4.78, 5) is 23.9. The molecule has 5 heteroatoms. The van der Waals surface area contributed by atoms with Gasteiger partial charge in [0, 0.05) is 6.54 Å². The second-order valence-corrected chi connectivity index (χ2v) is 5.93. The van der Waals surface area contributed by atoms with Crippen LogP contribution in [-0.4, -0.2) is 25.0 Å². The zero-order valence-electron chi connectivity index (χ0n) is 13.8. The van der Waals surface area contributed by atoms with E-state index in [-0.39, 0.29) is 0 Å². The van der Waals surface area contributed by atoms with Gasteiger partial charge in [0.25, 0.3) is 0 Å². The van der Waals surface area contributed by atoms with Crippen LogP contribution in [0, 0.1) is 5.92 Å². The van der Waals surface area contributed by atoms with Crippen LogP contribution in [0.1, 0.15) is 45.4 Å². The third-order valence-electron chi connectivity index (χ3n) is 4.20. The molecule has 0 aromatic heterocycles. The average Bonchev–Trinajstić information content (AvgIpc) is 2.57. The van der Waals surface area contributed by atoms with E-state index in [2.05, 4.69) is 10.6 Å². The number of para-hydroxylation sites is 2. The molecule has 126 valence electrons.